The number of benzene rings is 1. The molecule has 2 aromatic heterocycles. The smallest absolute Gasteiger partial charge is 0.214 e. The number of rotatable bonds is 7. The molecule has 3 aromatic rings. The fourth-order valence-corrected chi connectivity index (χ4v) is 3.30. The summed E-state index contributed by atoms with van der Waals surface area (Å²) in [5.74, 6) is 0.929. The highest BCUT2D eigenvalue weighted by molar-refractivity contribution is 7.99. The summed E-state index contributed by atoms with van der Waals surface area (Å²) in [6.45, 7) is 1.84. The van der Waals surface area contributed by atoms with E-state index < -0.39 is 0 Å². The second kappa shape index (κ2) is 8.89. The molecule has 0 saturated carbocycles. The Hall–Kier alpha value is -1.41. The number of tetrazole rings is 1. The van der Waals surface area contributed by atoms with E-state index in [-0.39, 0.29) is 12.4 Å². The molecule has 0 unspecified atom stereocenters. The quantitative estimate of drug-likeness (QED) is 0.522. The van der Waals surface area contributed by atoms with Crippen LogP contribution in [-0.4, -0.2) is 32.5 Å². The number of halogens is 1. The normalized spacial score (nSPS) is 10.4. The minimum absolute atomic E-state index is 0. The van der Waals surface area contributed by atoms with E-state index in [9.17, 15) is 0 Å². The van der Waals surface area contributed by atoms with Crippen molar-refractivity contribution in [1.82, 2.24) is 25.5 Å². The van der Waals surface area contributed by atoms with Crippen LogP contribution in [0, 0.1) is 0 Å². The van der Waals surface area contributed by atoms with Crippen molar-refractivity contribution in [3.05, 3.63) is 52.7 Å². The summed E-state index contributed by atoms with van der Waals surface area (Å²) in [5, 5.41) is 18.2. The van der Waals surface area contributed by atoms with Crippen LogP contribution >= 0.6 is 35.5 Å². The Balaban J connectivity index is 0.00000176. The molecule has 0 atom stereocenters. The van der Waals surface area contributed by atoms with Gasteiger partial charge in [0.05, 0.1) is 5.69 Å². The molecule has 0 aliphatic rings. The fraction of sp³-hybridized carbons (Fsp3) is 0.214. The van der Waals surface area contributed by atoms with Crippen molar-refractivity contribution in [2.24, 2.45) is 0 Å². The lowest BCUT2D eigenvalue weighted by molar-refractivity contribution is 0.735. The zero-order valence-electron chi connectivity index (χ0n) is 11.8. The first-order valence-corrected chi connectivity index (χ1v) is 8.50. The summed E-state index contributed by atoms with van der Waals surface area (Å²) in [4.78, 5) is 1.36. The average molecular weight is 354 g/mol. The molecule has 22 heavy (non-hydrogen) atoms. The van der Waals surface area contributed by atoms with Crippen LogP contribution in [0.15, 0.2) is 53.0 Å². The Morgan fingerprint density at radius 1 is 1.14 bits per heavy atom. The molecule has 8 heteroatoms. The lowest BCUT2D eigenvalue weighted by Gasteiger charge is -2.04. The van der Waals surface area contributed by atoms with Gasteiger partial charge in [-0.05, 0) is 34.0 Å². The molecule has 3 rings (SSSR count). The molecule has 0 bridgehead atoms. The molecular formula is C14H16ClN5S2. The van der Waals surface area contributed by atoms with Crippen molar-refractivity contribution in [3.8, 4) is 5.69 Å². The predicted octanol–water partition coefficient (Wildman–Crippen LogP) is 3.03. The van der Waals surface area contributed by atoms with E-state index in [2.05, 4.69) is 38.4 Å². The number of thiophene rings is 1. The van der Waals surface area contributed by atoms with Gasteiger partial charge in [0.2, 0.25) is 5.16 Å². The summed E-state index contributed by atoms with van der Waals surface area (Å²) < 4.78 is 1.77. The second-order valence-electron chi connectivity index (χ2n) is 4.31. The van der Waals surface area contributed by atoms with Crippen molar-refractivity contribution in [3.63, 3.8) is 0 Å². The molecule has 1 aromatic carbocycles. The molecule has 116 valence electrons. The monoisotopic (exact) mass is 353 g/mol. The molecule has 1 N–H and O–H groups in total. The number of nitrogens with one attached hydrogen (secondary N) is 1. The number of hydrogen-bond acceptors (Lipinski definition) is 6. The van der Waals surface area contributed by atoms with Gasteiger partial charge in [0, 0.05) is 23.7 Å². The molecular weight excluding hydrogens is 338 g/mol. The molecule has 0 fully saturated rings. The molecule has 0 aliphatic carbocycles. The van der Waals surface area contributed by atoms with Crippen molar-refractivity contribution in [2.45, 2.75) is 11.7 Å². The van der Waals surface area contributed by atoms with Gasteiger partial charge >= 0.3 is 0 Å². The lowest BCUT2D eigenvalue weighted by Crippen LogP contribution is -2.16. The molecule has 0 spiro atoms. The number of thioether (sulfide) groups is 1. The van der Waals surface area contributed by atoms with Gasteiger partial charge in [0.15, 0.2) is 0 Å². The Morgan fingerprint density at radius 2 is 2.00 bits per heavy atom. The van der Waals surface area contributed by atoms with Gasteiger partial charge in [-0.1, -0.05) is 36.0 Å². The number of para-hydroxylation sites is 1. The molecule has 0 saturated heterocycles. The van der Waals surface area contributed by atoms with Crippen LogP contribution in [0.5, 0.6) is 0 Å². The number of nitrogens with zero attached hydrogens (tertiary/aromatic N) is 4. The predicted molar refractivity (Wildman–Crippen MR) is 93.2 cm³/mol. The van der Waals surface area contributed by atoms with E-state index in [1.54, 1.807) is 27.8 Å². The summed E-state index contributed by atoms with van der Waals surface area (Å²) >= 11 is 3.43. The average Bonchev–Trinajstić information content (AvgIpc) is 3.19. The van der Waals surface area contributed by atoms with Gasteiger partial charge in [-0.3, -0.25) is 0 Å². The first kappa shape index (κ1) is 17.0. The standard InChI is InChI=1S/C14H15N5S2.ClH/c1-2-5-12(6-3-1)19-14(16-17-18-19)21-10-8-15-11-13-7-4-9-20-13;/h1-7,9,15H,8,10-11H2;1H. The summed E-state index contributed by atoms with van der Waals surface area (Å²) in [5.41, 5.74) is 0.983. The van der Waals surface area contributed by atoms with Crippen LogP contribution in [-0.2, 0) is 6.54 Å². The second-order valence-corrected chi connectivity index (χ2v) is 6.41. The molecule has 5 nitrogen and oxygen atoms in total. The van der Waals surface area contributed by atoms with Crippen molar-refractivity contribution in [2.75, 3.05) is 12.3 Å². The first-order chi connectivity index (χ1) is 10.4. The Bertz CT molecular complexity index is 657. The Labute approximate surface area is 143 Å². The van der Waals surface area contributed by atoms with Crippen molar-refractivity contribution < 1.29 is 0 Å². The number of hydrogen-bond donors (Lipinski definition) is 1. The highest BCUT2D eigenvalue weighted by Gasteiger charge is 2.07. The SMILES string of the molecule is Cl.c1ccc(-n2nnnc2SCCNCc2cccs2)cc1. The van der Waals surface area contributed by atoms with E-state index in [1.807, 2.05) is 30.3 Å². The van der Waals surface area contributed by atoms with Crippen LogP contribution in [0.4, 0.5) is 0 Å². The third-order valence-electron chi connectivity index (χ3n) is 2.83. The van der Waals surface area contributed by atoms with Gasteiger partial charge < -0.3 is 5.32 Å². The van der Waals surface area contributed by atoms with E-state index in [0.29, 0.717) is 0 Å². The van der Waals surface area contributed by atoms with E-state index in [1.165, 1.54) is 4.88 Å². The maximum absolute atomic E-state index is 4.08. The molecule has 2 heterocycles. The van der Waals surface area contributed by atoms with Gasteiger partial charge in [-0.25, -0.2) is 0 Å². The Kier molecular flexibility index (Phi) is 6.85. The zero-order valence-corrected chi connectivity index (χ0v) is 14.2. The van der Waals surface area contributed by atoms with Gasteiger partial charge in [0.25, 0.3) is 0 Å². The Morgan fingerprint density at radius 3 is 2.77 bits per heavy atom. The minimum atomic E-state index is 0. The van der Waals surface area contributed by atoms with Crippen molar-refractivity contribution >= 4 is 35.5 Å². The highest BCUT2D eigenvalue weighted by Crippen LogP contribution is 2.17. The van der Waals surface area contributed by atoms with Gasteiger partial charge in [0.1, 0.15) is 0 Å². The first-order valence-electron chi connectivity index (χ1n) is 6.63. The van der Waals surface area contributed by atoms with Gasteiger partial charge in [-0.2, -0.15) is 4.68 Å². The molecule has 0 radical (unpaired) electrons. The zero-order chi connectivity index (χ0) is 14.3. The van der Waals surface area contributed by atoms with E-state index >= 15 is 0 Å². The third kappa shape index (κ3) is 4.54. The highest BCUT2D eigenvalue weighted by atomic mass is 35.5. The summed E-state index contributed by atoms with van der Waals surface area (Å²) in [6.07, 6.45) is 0. The summed E-state index contributed by atoms with van der Waals surface area (Å²) in [7, 11) is 0. The minimum Gasteiger partial charge on any atom is -0.311 e. The maximum Gasteiger partial charge on any atom is 0.214 e. The molecule has 0 amide bonds. The van der Waals surface area contributed by atoms with E-state index in [0.717, 1.165) is 29.7 Å². The van der Waals surface area contributed by atoms with Crippen LogP contribution in [0.3, 0.4) is 0 Å². The summed E-state index contributed by atoms with van der Waals surface area (Å²) in [6, 6.07) is 14.1. The van der Waals surface area contributed by atoms with Crippen LogP contribution in [0.2, 0.25) is 0 Å². The van der Waals surface area contributed by atoms with Crippen LogP contribution in [0.1, 0.15) is 4.88 Å². The molecule has 0 aliphatic heterocycles. The largest absolute Gasteiger partial charge is 0.311 e. The third-order valence-corrected chi connectivity index (χ3v) is 4.63. The van der Waals surface area contributed by atoms with Crippen LogP contribution in [0.25, 0.3) is 5.69 Å². The topological polar surface area (TPSA) is 55.6 Å². The van der Waals surface area contributed by atoms with Gasteiger partial charge in [-0.15, -0.1) is 28.8 Å². The number of aromatic nitrogens is 4. The maximum atomic E-state index is 4.08. The lowest BCUT2D eigenvalue weighted by atomic mass is 10.3. The van der Waals surface area contributed by atoms with E-state index in [4.69, 9.17) is 0 Å². The van der Waals surface area contributed by atoms with Crippen molar-refractivity contribution in [1.29, 1.82) is 0 Å². The fourth-order valence-electron chi connectivity index (χ4n) is 1.84. The van der Waals surface area contributed by atoms with Crippen LogP contribution < -0.4 is 5.32 Å².